The smallest absolute Gasteiger partial charge is 0.310 e. The van der Waals surface area contributed by atoms with E-state index in [0.717, 1.165) is 13.0 Å². The Balaban J connectivity index is 3.70. The van der Waals surface area contributed by atoms with Crippen molar-refractivity contribution >= 4 is 5.97 Å². The molecule has 15 heavy (non-hydrogen) atoms. The summed E-state index contributed by atoms with van der Waals surface area (Å²) in [6, 6.07) is 0. The van der Waals surface area contributed by atoms with Crippen LogP contribution in [-0.4, -0.2) is 24.7 Å². The lowest BCUT2D eigenvalue weighted by Crippen LogP contribution is -2.33. The van der Waals surface area contributed by atoms with E-state index in [-0.39, 0.29) is 17.5 Å². The fraction of sp³-hybridized carbons (Fsp3) is 0.917. The third kappa shape index (κ3) is 8.43. The number of unbranched alkanes of at least 4 members (excludes halogenated alkanes) is 1. The van der Waals surface area contributed by atoms with Gasteiger partial charge in [0.25, 0.3) is 0 Å². The van der Waals surface area contributed by atoms with E-state index in [1.807, 2.05) is 27.7 Å². The molecular weight excluding hydrogens is 190 g/mol. The van der Waals surface area contributed by atoms with E-state index in [1.165, 1.54) is 6.42 Å². The SMILES string of the molecule is CCCCNC[C@H](C)C(=O)OC(C)(C)C. The second-order valence-electron chi connectivity index (χ2n) is 4.99. The molecule has 90 valence electrons. The fourth-order valence-corrected chi connectivity index (χ4v) is 1.11. The molecule has 0 fully saturated rings. The number of rotatable bonds is 6. The van der Waals surface area contributed by atoms with Crippen LogP contribution in [0.25, 0.3) is 0 Å². The van der Waals surface area contributed by atoms with Crippen LogP contribution in [0.1, 0.15) is 47.5 Å². The molecule has 0 saturated carbocycles. The Morgan fingerprint density at radius 3 is 2.47 bits per heavy atom. The number of carbonyl (C=O) groups is 1. The Hall–Kier alpha value is -0.570. The highest BCUT2D eigenvalue weighted by Crippen LogP contribution is 2.10. The predicted molar refractivity (Wildman–Crippen MR) is 62.8 cm³/mol. The molecule has 0 heterocycles. The van der Waals surface area contributed by atoms with Crippen LogP contribution in [0.4, 0.5) is 0 Å². The Kier molecular flexibility index (Phi) is 6.57. The maximum atomic E-state index is 11.6. The van der Waals surface area contributed by atoms with Crippen LogP contribution in [-0.2, 0) is 9.53 Å². The van der Waals surface area contributed by atoms with Gasteiger partial charge < -0.3 is 10.1 Å². The van der Waals surface area contributed by atoms with E-state index in [0.29, 0.717) is 6.54 Å². The maximum Gasteiger partial charge on any atom is 0.310 e. The van der Waals surface area contributed by atoms with Gasteiger partial charge in [0, 0.05) is 6.54 Å². The lowest BCUT2D eigenvalue weighted by Gasteiger charge is -2.22. The summed E-state index contributed by atoms with van der Waals surface area (Å²) in [5.74, 6) is -0.187. The molecule has 0 unspecified atom stereocenters. The van der Waals surface area contributed by atoms with E-state index >= 15 is 0 Å². The summed E-state index contributed by atoms with van der Waals surface area (Å²) >= 11 is 0. The van der Waals surface area contributed by atoms with Crippen LogP contribution in [0.3, 0.4) is 0 Å². The van der Waals surface area contributed by atoms with Crippen LogP contribution in [0.2, 0.25) is 0 Å². The number of ether oxygens (including phenoxy) is 1. The van der Waals surface area contributed by atoms with Crippen molar-refractivity contribution in [3.63, 3.8) is 0 Å². The minimum Gasteiger partial charge on any atom is -0.460 e. The Morgan fingerprint density at radius 2 is 2.00 bits per heavy atom. The number of esters is 1. The van der Waals surface area contributed by atoms with E-state index in [2.05, 4.69) is 12.2 Å². The van der Waals surface area contributed by atoms with Crippen molar-refractivity contribution in [3.8, 4) is 0 Å². The van der Waals surface area contributed by atoms with Crippen molar-refractivity contribution in [2.45, 2.75) is 53.1 Å². The highest BCUT2D eigenvalue weighted by Gasteiger charge is 2.20. The number of carbonyl (C=O) groups excluding carboxylic acids is 1. The first-order valence-corrected chi connectivity index (χ1v) is 5.80. The van der Waals surface area contributed by atoms with Gasteiger partial charge in [0.05, 0.1) is 5.92 Å². The van der Waals surface area contributed by atoms with Gasteiger partial charge in [0.1, 0.15) is 5.60 Å². The van der Waals surface area contributed by atoms with Gasteiger partial charge in [-0.1, -0.05) is 20.3 Å². The van der Waals surface area contributed by atoms with Gasteiger partial charge in [-0.15, -0.1) is 0 Å². The van der Waals surface area contributed by atoms with Gasteiger partial charge in [-0.2, -0.15) is 0 Å². The molecule has 0 aromatic heterocycles. The van der Waals surface area contributed by atoms with Crippen LogP contribution in [0.5, 0.6) is 0 Å². The summed E-state index contributed by atoms with van der Waals surface area (Å²) in [5, 5.41) is 3.25. The molecule has 0 rings (SSSR count). The average Bonchev–Trinajstić information content (AvgIpc) is 2.09. The minimum absolute atomic E-state index is 0.0684. The van der Waals surface area contributed by atoms with Crippen molar-refractivity contribution in [3.05, 3.63) is 0 Å². The zero-order valence-corrected chi connectivity index (χ0v) is 10.7. The molecule has 0 aliphatic carbocycles. The third-order valence-electron chi connectivity index (χ3n) is 1.97. The van der Waals surface area contributed by atoms with Crippen molar-refractivity contribution in [2.75, 3.05) is 13.1 Å². The largest absolute Gasteiger partial charge is 0.460 e. The number of hydrogen-bond acceptors (Lipinski definition) is 3. The van der Waals surface area contributed by atoms with Gasteiger partial charge in [0.2, 0.25) is 0 Å². The molecule has 1 atom stereocenters. The molecule has 0 spiro atoms. The van der Waals surface area contributed by atoms with Gasteiger partial charge in [0.15, 0.2) is 0 Å². The summed E-state index contributed by atoms with van der Waals surface area (Å²) in [6.07, 6.45) is 2.33. The van der Waals surface area contributed by atoms with Gasteiger partial charge in [-0.05, 0) is 33.7 Å². The highest BCUT2D eigenvalue weighted by atomic mass is 16.6. The Labute approximate surface area is 93.6 Å². The van der Waals surface area contributed by atoms with E-state index in [9.17, 15) is 4.79 Å². The van der Waals surface area contributed by atoms with E-state index in [4.69, 9.17) is 4.74 Å². The molecule has 0 aromatic carbocycles. The molecule has 0 radical (unpaired) electrons. The normalized spacial score (nSPS) is 13.7. The Bertz CT molecular complexity index is 185. The Morgan fingerprint density at radius 1 is 1.40 bits per heavy atom. The van der Waals surface area contributed by atoms with Gasteiger partial charge in [-0.25, -0.2) is 0 Å². The third-order valence-corrected chi connectivity index (χ3v) is 1.97. The second-order valence-corrected chi connectivity index (χ2v) is 4.99. The van der Waals surface area contributed by atoms with E-state index < -0.39 is 0 Å². The number of hydrogen-bond donors (Lipinski definition) is 1. The molecule has 3 nitrogen and oxygen atoms in total. The van der Waals surface area contributed by atoms with Crippen LogP contribution >= 0.6 is 0 Å². The first-order valence-electron chi connectivity index (χ1n) is 5.80. The van der Waals surface area contributed by atoms with Crippen molar-refractivity contribution in [1.29, 1.82) is 0 Å². The molecule has 0 aliphatic heterocycles. The summed E-state index contributed by atoms with van der Waals surface area (Å²) < 4.78 is 5.28. The maximum absolute atomic E-state index is 11.6. The number of nitrogens with one attached hydrogen (secondary N) is 1. The highest BCUT2D eigenvalue weighted by molar-refractivity contribution is 5.72. The summed E-state index contributed by atoms with van der Waals surface area (Å²) in [4.78, 5) is 11.6. The molecule has 0 bridgehead atoms. The van der Waals surface area contributed by atoms with Crippen molar-refractivity contribution in [2.24, 2.45) is 5.92 Å². The monoisotopic (exact) mass is 215 g/mol. The van der Waals surface area contributed by atoms with E-state index in [1.54, 1.807) is 0 Å². The van der Waals surface area contributed by atoms with Gasteiger partial charge in [-0.3, -0.25) is 4.79 Å². The first kappa shape index (κ1) is 14.4. The topological polar surface area (TPSA) is 38.3 Å². The van der Waals surface area contributed by atoms with Crippen molar-refractivity contribution < 1.29 is 9.53 Å². The zero-order valence-electron chi connectivity index (χ0n) is 10.7. The van der Waals surface area contributed by atoms with Crippen LogP contribution < -0.4 is 5.32 Å². The van der Waals surface area contributed by atoms with Crippen molar-refractivity contribution in [1.82, 2.24) is 5.32 Å². The lowest BCUT2D eigenvalue weighted by atomic mass is 10.1. The molecule has 0 amide bonds. The quantitative estimate of drug-likeness (QED) is 0.546. The molecule has 0 aliphatic rings. The molecule has 0 saturated heterocycles. The van der Waals surface area contributed by atoms with Crippen LogP contribution in [0.15, 0.2) is 0 Å². The second kappa shape index (κ2) is 6.83. The molecule has 0 aromatic rings. The molecule has 3 heteroatoms. The standard InChI is InChI=1S/C12H25NO2/c1-6-7-8-13-9-10(2)11(14)15-12(3,4)5/h10,13H,6-9H2,1-5H3/t10-/m0/s1. The summed E-state index contributed by atoms with van der Waals surface area (Å²) in [6.45, 7) is 11.4. The molecular formula is C12H25NO2. The first-order chi connectivity index (χ1) is 6.87. The fourth-order valence-electron chi connectivity index (χ4n) is 1.11. The van der Waals surface area contributed by atoms with Gasteiger partial charge >= 0.3 is 5.97 Å². The zero-order chi connectivity index (χ0) is 11.9. The minimum atomic E-state index is -0.380. The van der Waals surface area contributed by atoms with Crippen LogP contribution in [0, 0.1) is 5.92 Å². The summed E-state index contributed by atoms with van der Waals surface area (Å²) in [5.41, 5.74) is -0.380. The molecule has 1 N–H and O–H groups in total. The summed E-state index contributed by atoms with van der Waals surface area (Å²) in [7, 11) is 0. The average molecular weight is 215 g/mol. The lowest BCUT2D eigenvalue weighted by molar-refractivity contribution is -0.159. The predicted octanol–water partition coefficient (Wildman–Crippen LogP) is 2.35.